The molecule has 0 saturated carbocycles. The maximum absolute atomic E-state index is 6.23. The Morgan fingerprint density at radius 1 is 0.952 bits per heavy atom. The molecule has 0 bridgehead atoms. The average molecular weight is 318 g/mol. The first kappa shape index (κ1) is 13.6. The van der Waals surface area contributed by atoms with Gasteiger partial charge in [-0.3, -0.25) is 4.90 Å². The Morgan fingerprint density at radius 2 is 1.76 bits per heavy atom. The van der Waals surface area contributed by atoms with Gasteiger partial charge in [0.25, 0.3) is 0 Å². The summed E-state index contributed by atoms with van der Waals surface area (Å²) in [5, 5.41) is 1.28. The van der Waals surface area contributed by atoms with Crippen molar-refractivity contribution in [2.45, 2.75) is 24.8 Å². The zero-order valence-electron chi connectivity index (χ0n) is 11.7. The van der Waals surface area contributed by atoms with Crippen LogP contribution in [0.15, 0.2) is 42.5 Å². The van der Waals surface area contributed by atoms with Crippen LogP contribution in [-0.4, -0.2) is 18.0 Å². The Labute approximate surface area is 135 Å². The molecule has 2 aromatic carbocycles. The molecule has 2 aliphatic rings. The van der Waals surface area contributed by atoms with Crippen molar-refractivity contribution in [1.29, 1.82) is 0 Å². The lowest BCUT2D eigenvalue weighted by Crippen LogP contribution is -2.34. The van der Waals surface area contributed by atoms with Gasteiger partial charge in [0.1, 0.15) is 0 Å². The summed E-state index contributed by atoms with van der Waals surface area (Å²) in [5.74, 6) is 0.394. The molecule has 0 unspecified atom stereocenters. The standard InChI is InChI=1S/C18H17Cl2N/c19-16-8-7-12(10-17(16)20)15-11-21-9-3-6-18(21)14-5-2-1-4-13(14)15/h1-2,4-5,7-8,10,15,18H,3,6,9,11H2/t15-,18-/m0/s1. The molecule has 0 radical (unpaired) electrons. The molecule has 1 nitrogen and oxygen atoms in total. The molecule has 1 saturated heterocycles. The second kappa shape index (κ2) is 5.31. The van der Waals surface area contributed by atoms with Gasteiger partial charge in [0.15, 0.2) is 0 Å². The van der Waals surface area contributed by atoms with Gasteiger partial charge in [0.2, 0.25) is 0 Å². The summed E-state index contributed by atoms with van der Waals surface area (Å²) < 4.78 is 0. The minimum Gasteiger partial charge on any atom is -0.295 e. The molecule has 0 amide bonds. The predicted molar refractivity (Wildman–Crippen MR) is 88.3 cm³/mol. The second-order valence-electron chi connectivity index (χ2n) is 6.01. The highest BCUT2D eigenvalue weighted by Gasteiger charge is 2.36. The molecule has 4 rings (SSSR count). The van der Waals surface area contributed by atoms with Crippen molar-refractivity contribution in [3.8, 4) is 0 Å². The summed E-state index contributed by atoms with van der Waals surface area (Å²) in [6.07, 6.45) is 2.58. The van der Waals surface area contributed by atoms with Crippen molar-refractivity contribution in [3.05, 3.63) is 69.2 Å². The summed E-state index contributed by atoms with van der Waals surface area (Å²) in [5.41, 5.74) is 4.22. The Bertz CT molecular complexity index is 683. The normalized spacial score (nSPS) is 24.7. The van der Waals surface area contributed by atoms with Crippen LogP contribution in [-0.2, 0) is 0 Å². The van der Waals surface area contributed by atoms with Crippen LogP contribution < -0.4 is 0 Å². The first-order chi connectivity index (χ1) is 10.2. The van der Waals surface area contributed by atoms with Crippen molar-refractivity contribution in [1.82, 2.24) is 4.90 Å². The SMILES string of the molecule is Clc1ccc([C@@H]2CN3CCC[C@H]3c3ccccc32)cc1Cl. The van der Waals surface area contributed by atoms with Crippen LogP contribution in [0.4, 0.5) is 0 Å². The van der Waals surface area contributed by atoms with E-state index >= 15 is 0 Å². The molecule has 0 spiro atoms. The summed E-state index contributed by atoms with van der Waals surface area (Å²) in [7, 11) is 0. The lowest BCUT2D eigenvalue weighted by atomic mass is 9.82. The van der Waals surface area contributed by atoms with Crippen LogP contribution in [0.3, 0.4) is 0 Å². The molecule has 0 aliphatic carbocycles. The first-order valence-electron chi connectivity index (χ1n) is 7.52. The van der Waals surface area contributed by atoms with Gasteiger partial charge in [-0.05, 0) is 48.2 Å². The number of halogens is 2. The van der Waals surface area contributed by atoms with E-state index in [4.69, 9.17) is 23.2 Å². The van der Waals surface area contributed by atoms with Crippen LogP contribution in [0.1, 0.15) is 41.5 Å². The highest BCUT2D eigenvalue weighted by Crippen LogP contribution is 2.44. The van der Waals surface area contributed by atoms with E-state index in [1.54, 1.807) is 0 Å². The van der Waals surface area contributed by atoms with Gasteiger partial charge in [-0.15, -0.1) is 0 Å². The van der Waals surface area contributed by atoms with E-state index in [2.05, 4.69) is 35.2 Å². The third kappa shape index (κ3) is 2.28. The Morgan fingerprint density at radius 3 is 2.57 bits per heavy atom. The number of rotatable bonds is 1. The molecule has 2 aliphatic heterocycles. The first-order valence-corrected chi connectivity index (χ1v) is 8.27. The molecule has 0 aromatic heterocycles. The Kier molecular flexibility index (Phi) is 3.45. The second-order valence-corrected chi connectivity index (χ2v) is 6.82. The van der Waals surface area contributed by atoms with Gasteiger partial charge in [-0.25, -0.2) is 0 Å². The molecular formula is C18H17Cl2N. The molecule has 0 N–H and O–H groups in total. The van der Waals surface area contributed by atoms with Gasteiger partial charge >= 0.3 is 0 Å². The summed E-state index contributed by atoms with van der Waals surface area (Å²) in [6.45, 7) is 2.29. The molecule has 1 fully saturated rings. The van der Waals surface area contributed by atoms with E-state index in [-0.39, 0.29) is 0 Å². The molecule has 2 heterocycles. The van der Waals surface area contributed by atoms with Crippen molar-refractivity contribution in [2.75, 3.05) is 13.1 Å². The van der Waals surface area contributed by atoms with Gasteiger partial charge < -0.3 is 0 Å². The molecule has 3 heteroatoms. The Hall–Kier alpha value is -1.02. The zero-order valence-corrected chi connectivity index (χ0v) is 13.2. The van der Waals surface area contributed by atoms with Gasteiger partial charge in [-0.1, -0.05) is 53.5 Å². The fourth-order valence-corrected chi connectivity index (χ4v) is 4.18. The monoisotopic (exact) mass is 317 g/mol. The van der Waals surface area contributed by atoms with Crippen LogP contribution >= 0.6 is 23.2 Å². The topological polar surface area (TPSA) is 3.24 Å². The fraction of sp³-hybridized carbons (Fsp3) is 0.333. The third-order valence-corrected chi connectivity index (χ3v) is 5.60. The van der Waals surface area contributed by atoms with Crippen molar-refractivity contribution in [2.24, 2.45) is 0 Å². The maximum Gasteiger partial charge on any atom is 0.0595 e. The fourth-order valence-electron chi connectivity index (χ4n) is 3.88. The number of nitrogens with zero attached hydrogens (tertiary/aromatic N) is 1. The van der Waals surface area contributed by atoms with Crippen LogP contribution in [0, 0.1) is 0 Å². The Balaban J connectivity index is 1.82. The van der Waals surface area contributed by atoms with E-state index in [0.717, 1.165) is 6.54 Å². The zero-order chi connectivity index (χ0) is 14.4. The van der Waals surface area contributed by atoms with E-state index in [1.807, 2.05) is 12.1 Å². The highest BCUT2D eigenvalue weighted by molar-refractivity contribution is 6.42. The molecular weight excluding hydrogens is 301 g/mol. The largest absolute Gasteiger partial charge is 0.295 e. The lowest BCUT2D eigenvalue weighted by Gasteiger charge is -2.37. The molecule has 21 heavy (non-hydrogen) atoms. The van der Waals surface area contributed by atoms with E-state index in [1.165, 1.54) is 36.1 Å². The number of hydrogen-bond acceptors (Lipinski definition) is 1. The summed E-state index contributed by atoms with van der Waals surface area (Å²) >= 11 is 12.3. The van der Waals surface area contributed by atoms with Crippen molar-refractivity contribution in [3.63, 3.8) is 0 Å². The highest BCUT2D eigenvalue weighted by atomic mass is 35.5. The average Bonchev–Trinajstić information content (AvgIpc) is 2.98. The molecule has 108 valence electrons. The predicted octanol–water partition coefficient (Wildman–Crippen LogP) is 5.28. The maximum atomic E-state index is 6.23. The van der Waals surface area contributed by atoms with Crippen LogP contribution in [0.25, 0.3) is 0 Å². The summed E-state index contributed by atoms with van der Waals surface area (Å²) in [4.78, 5) is 2.62. The van der Waals surface area contributed by atoms with E-state index < -0.39 is 0 Å². The number of hydrogen-bond donors (Lipinski definition) is 0. The number of fused-ring (bicyclic) bond motifs is 3. The third-order valence-electron chi connectivity index (χ3n) is 4.86. The summed E-state index contributed by atoms with van der Waals surface area (Å²) in [6, 6.07) is 15.5. The van der Waals surface area contributed by atoms with Crippen LogP contribution in [0.5, 0.6) is 0 Å². The minimum atomic E-state index is 0.394. The minimum absolute atomic E-state index is 0.394. The quantitative estimate of drug-likeness (QED) is 0.692. The van der Waals surface area contributed by atoms with Gasteiger partial charge in [0.05, 0.1) is 10.0 Å². The van der Waals surface area contributed by atoms with Gasteiger partial charge in [-0.2, -0.15) is 0 Å². The van der Waals surface area contributed by atoms with Gasteiger partial charge in [0, 0.05) is 18.5 Å². The van der Waals surface area contributed by atoms with Crippen molar-refractivity contribution >= 4 is 23.2 Å². The van der Waals surface area contributed by atoms with E-state index in [9.17, 15) is 0 Å². The smallest absolute Gasteiger partial charge is 0.0595 e. The van der Waals surface area contributed by atoms with E-state index in [0.29, 0.717) is 22.0 Å². The lowest BCUT2D eigenvalue weighted by molar-refractivity contribution is 0.230. The molecule has 2 atom stereocenters. The van der Waals surface area contributed by atoms with Crippen LogP contribution in [0.2, 0.25) is 10.0 Å². The van der Waals surface area contributed by atoms with Crippen molar-refractivity contribution < 1.29 is 0 Å². The number of benzene rings is 2. The molecule has 2 aromatic rings.